The lowest BCUT2D eigenvalue weighted by Crippen LogP contribution is -2.49. The van der Waals surface area contributed by atoms with E-state index in [1.54, 1.807) is 12.1 Å². The van der Waals surface area contributed by atoms with E-state index in [2.05, 4.69) is 10.6 Å². The maximum atomic E-state index is 11.8. The fourth-order valence-corrected chi connectivity index (χ4v) is 1.36. The van der Waals surface area contributed by atoms with Crippen LogP contribution in [0.1, 0.15) is 13.8 Å². The molecule has 0 spiro atoms. The van der Waals surface area contributed by atoms with Crippen molar-refractivity contribution >= 4 is 17.4 Å². The number of nitro groups is 1. The van der Waals surface area contributed by atoms with Crippen LogP contribution in [0.15, 0.2) is 24.3 Å². The van der Waals surface area contributed by atoms with E-state index in [1.807, 2.05) is 32.8 Å². The molecule has 0 aromatic heterocycles. The van der Waals surface area contributed by atoms with E-state index in [0.29, 0.717) is 6.54 Å². The Kier molecular flexibility index (Phi) is 5.04. The minimum absolute atomic E-state index is 0.130. The number of urea groups is 1. The Morgan fingerprint density at radius 1 is 1.35 bits per heavy atom. The van der Waals surface area contributed by atoms with Gasteiger partial charge in [-0.2, -0.15) is 0 Å². The Labute approximate surface area is 118 Å². The summed E-state index contributed by atoms with van der Waals surface area (Å²) in [4.78, 5) is 24.1. The second-order valence-corrected chi connectivity index (χ2v) is 5.29. The molecule has 2 N–H and O–H groups in total. The lowest BCUT2D eigenvalue weighted by molar-refractivity contribution is -0.383. The first kappa shape index (κ1) is 15.9. The average molecular weight is 280 g/mol. The molecule has 110 valence electrons. The molecule has 0 unspecified atom stereocenters. The standard InChI is InChI=1S/C13H20N4O3/c1-13(2,16(3)4)9-14-12(18)15-10-7-5-6-8-11(10)17(19)20/h5-8H,9H2,1-4H3,(H2,14,15,18). The van der Waals surface area contributed by atoms with E-state index < -0.39 is 11.0 Å². The number of carbonyl (C=O) groups excluding carboxylic acids is 1. The molecule has 7 nitrogen and oxygen atoms in total. The molecule has 1 aromatic carbocycles. The van der Waals surface area contributed by atoms with Crippen LogP contribution in [0.3, 0.4) is 0 Å². The van der Waals surface area contributed by atoms with E-state index in [4.69, 9.17) is 0 Å². The molecule has 1 rings (SSSR count). The van der Waals surface area contributed by atoms with Gasteiger partial charge < -0.3 is 15.5 Å². The van der Waals surface area contributed by atoms with E-state index in [9.17, 15) is 14.9 Å². The van der Waals surface area contributed by atoms with Gasteiger partial charge >= 0.3 is 6.03 Å². The van der Waals surface area contributed by atoms with Gasteiger partial charge in [-0.1, -0.05) is 12.1 Å². The SMILES string of the molecule is CN(C)C(C)(C)CNC(=O)Nc1ccccc1[N+](=O)[O-]. The number of carbonyl (C=O) groups is 1. The van der Waals surface area contributed by atoms with Crippen LogP contribution in [0, 0.1) is 10.1 Å². The number of nitrogens with zero attached hydrogens (tertiary/aromatic N) is 2. The Bertz CT molecular complexity index is 500. The highest BCUT2D eigenvalue weighted by Gasteiger charge is 2.21. The molecule has 0 fully saturated rings. The lowest BCUT2D eigenvalue weighted by atomic mass is 10.1. The first-order chi connectivity index (χ1) is 9.24. The van der Waals surface area contributed by atoms with Gasteiger partial charge in [-0.15, -0.1) is 0 Å². The summed E-state index contributed by atoms with van der Waals surface area (Å²) in [6.07, 6.45) is 0. The summed E-state index contributed by atoms with van der Waals surface area (Å²) in [6.45, 7) is 4.39. The maximum absolute atomic E-state index is 11.8. The van der Waals surface area contributed by atoms with Crippen molar-refractivity contribution < 1.29 is 9.72 Å². The number of benzene rings is 1. The molecule has 0 aliphatic carbocycles. The normalized spacial score (nSPS) is 11.2. The quantitative estimate of drug-likeness (QED) is 0.638. The molecular weight excluding hydrogens is 260 g/mol. The Balaban J connectivity index is 2.66. The number of nitrogens with one attached hydrogen (secondary N) is 2. The third kappa shape index (κ3) is 4.20. The first-order valence-electron chi connectivity index (χ1n) is 6.20. The molecule has 0 aliphatic heterocycles. The Morgan fingerprint density at radius 2 is 1.95 bits per heavy atom. The van der Waals surface area contributed by atoms with Crippen molar-refractivity contribution in [2.45, 2.75) is 19.4 Å². The monoisotopic (exact) mass is 280 g/mol. The topological polar surface area (TPSA) is 87.5 Å². The predicted molar refractivity (Wildman–Crippen MR) is 77.9 cm³/mol. The van der Waals surface area contributed by atoms with Crippen molar-refractivity contribution in [2.75, 3.05) is 26.0 Å². The van der Waals surface area contributed by atoms with Crippen molar-refractivity contribution in [1.82, 2.24) is 10.2 Å². The highest BCUT2D eigenvalue weighted by atomic mass is 16.6. The number of amides is 2. The molecule has 2 amide bonds. The van der Waals surface area contributed by atoms with Crippen LogP contribution in [0.2, 0.25) is 0 Å². The summed E-state index contributed by atoms with van der Waals surface area (Å²) in [7, 11) is 3.84. The smallest absolute Gasteiger partial charge is 0.319 e. The zero-order valence-electron chi connectivity index (χ0n) is 12.1. The van der Waals surface area contributed by atoms with Crippen molar-refractivity contribution in [3.8, 4) is 0 Å². The van der Waals surface area contributed by atoms with Gasteiger partial charge in [0.05, 0.1) is 4.92 Å². The number of hydrogen-bond acceptors (Lipinski definition) is 4. The average Bonchev–Trinajstić information content (AvgIpc) is 2.36. The molecule has 0 saturated carbocycles. The van der Waals surface area contributed by atoms with Crippen LogP contribution in [0.25, 0.3) is 0 Å². The van der Waals surface area contributed by atoms with Gasteiger partial charge in [-0.3, -0.25) is 10.1 Å². The van der Waals surface area contributed by atoms with E-state index >= 15 is 0 Å². The van der Waals surface area contributed by atoms with Gasteiger partial charge in [0.25, 0.3) is 5.69 Å². The van der Waals surface area contributed by atoms with Crippen LogP contribution < -0.4 is 10.6 Å². The third-order valence-corrected chi connectivity index (χ3v) is 3.24. The number of para-hydroxylation sites is 2. The van der Waals surface area contributed by atoms with Crippen molar-refractivity contribution in [3.63, 3.8) is 0 Å². The second-order valence-electron chi connectivity index (χ2n) is 5.29. The zero-order valence-corrected chi connectivity index (χ0v) is 12.1. The van der Waals surface area contributed by atoms with Crippen LogP contribution >= 0.6 is 0 Å². The predicted octanol–water partition coefficient (Wildman–Crippen LogP) is 2.06. The molecule has 0 heterocycles. The molecule has 0 bridgehead atoms. The fourth-order valence-electron chi connectivity index (χ4n) is 1.36. The van der Waals surface area contributed by atoms with Gasteiger partial charge in [0, 0.05) is 18.2 Å². The summed E-state index contributed by atoms with van der Waals surface area (Å²) in [5.41, 5.74) is -0.160. The lowest BCUT2D eigenvalue weighted by Gasteiger charge is -2.32. The van der Waals surface area contributed by atoms with Gasteiger partial charge in [-0.25, -0.2) is 4.79 Å². The van der Waals surface area contributed by atoms with Crippen molar-refractivity contribution in [1.29, 1.82) is 0 Å². The maximum Gasteiger partial charge on any atom is 0.319 e. The van der Waals surface area contributed by atoms with Crippen LogP contribution in [-0.2, 0) is 0 Å². The number of anilines is 1. The summed E-state index contributed by atoms with van der Waals surface area (Å²) in [5.74, 6) is 0. The van der Waals surface area contributed by atoms with Gasteiger partial charge in [0.2, 0.25) is 0 Å². The molecule has 0 radical (unpaired) electrons. The summed E-state index contributed by atoms with van der Waals surface area (Å²) in [6, 6.07) is 5.56. The Hall–Kier alpha value is -2.15. The minimum Gasteiger partial charge on any atom is -0.336 e. The summed E-state index contributed by atoms with van der Waals surface area (Å²) in [5, 5.41) is 16.0. The minimum atomic E-state index is -0.528. The van der Waals surface area contributed by atoms with Crippen LogP contribution in [0.4, 0.5) is 16.2 Å². The molecule has 1 aromatic rings. The zero-order chi connectivity index (χ0) is 15.3. The number of hydrogen-bond donors (Lipinski definition) is 2. The second kappa shape index (κ2) is 6.33. The van der Waals surface area contributed by atoms with E-state index in [-0.39, 0.29) is 16.9 Å². The van der Waals surface area contributed by atoms with Gasteiger partial charge in [0.1, 0.15) is 5.69 Å². The van der Waals surface area contributed by atoms with E-state index in [1.165, 1.54) is 12.1 Å². The third-order valence-electron chi connectivity index (χ3n) is 3.24. The van der Waals surface area contributed by atoms with Gasteiger partial charge in [-0.05, 0) is 34.0 Å². The summed E-state index contributed by atoms with van der Waals surface area (Å²) >= 11 is 0. The van der Waals surface area contributed by atoms with Crippen molar-refractivity contribution in [2.24, 2.45) is 0 Å². The highest BCUT2D eigenvalue weighted by molar-refractivity contribution is 5.91. The van der Waals surface area contributed by atoms with Gasteiger partial charge in [0.15, 0.2) is 0 Å². The number of nitro benzene ring substituents is 1. The van der Waals surface area contributed by atoms with E-state index in [0.717, 1.165) is 0 Å². The first-order valence-corrected chi connectivity index (χ1v) is 6.20. The molecule has 0 aliphatic rings. The van der Waals surface area contributed by atoms with Crippen molar-refractivity contribution in [3.05, 3.63) is 34.4 Å². The largest absolute Gasteiger partial charge is 0.336 e. The molecule has 20 heavy (non-hydrogen) atoms. The highest BCUT2D eigenvalue weighted by Crippen LogP contribution is 2.22. The molecular formula is C13H20N4O3. The number of likely N-dealkylation sites (N-methyl/N-ethyl adjacent to an activating group) is 1. The van der Waals surface area contributed by atoms with Crippen LogP contribution in [0.5, 0.6) is 0 Å². The Morgan fingerprint density at radius 3 is 2.50 bits per heavy atom. The molecule has 0 atom stereocenters. The summed E-state index contributed by atoms with van der Waals surface area (Å²) < 4.78 is 0. The molecule has 7 heteroatoms. The molecule has 0 saturated heterocycles. The number of rotatable bonds is 5. The van der Waals surface area contributed by atoms with Crippen LogP contribution in [-0.4, -0.2) is 42.0 Å². The fraction of sp³-hybridized carbons (Fsp3) is 0.462.